The topological polar surface area (TPSA) is 48.9 Å². The lowest BCUT2D eigenvalue weighted by atomic mass is 10.1. The SMILES string of the molecule is Cc1cc(-c2nc3c(Cl)cccc3[nH]2)ccc1O. The van der Waals surface area contributed by atoms with E-state index in [9.17, 15) is 5.11 Å². The molecule has 3 rings (SSSR count). The molecule has 0 radical (unpaired) electrons. The van der Waals surface area contributed by atoms with Crippen LogP contribution in [0, 0.1) is 6.92 Å². The van der Waals surface area contributed by atoms with Gasteiger partial charge in [-0.3, -0.25) is 0 Å². The van der Waals surface area contributed by atoms with Gasteiger partial charge >= 0.3 is 0 Å². The van der Waals surface area contributed by atoms with Gasteiger partial charge in [-0.2, -0.15) is 0 Å². The van der Waals surface area contributed by atoms with Crippen LogP contribution in [0.15, 0.2) is 36.4 Å². The molecule has 0 bridgehead atoms. The molecule has 90 valence electrons. The van der Waals surface area contributed by atoms with E-state index in [1.54, 1.807) is 6.07 Å². The van der Waals surface area contributed by atoms with E-state index in [-0.39, 0.29) is 5.75 Å². The minimum absolute atomic E-state index is 0.285. The minimum Gasteiger partial charge on any atom is -0.508 e. The number of phenols is 1. The Balaban J connectivity index is 2.19. The number of fused-ring (bicyclic) bond motifs is 1. The molecule has 2 N–H and O–H groups in total. The van der Waals surface area contributed by atoms with E-state index in [4.69, 9.17) is 11.6 Å². The zero-order valence-corrected chi connectivity index (χ0v) is 10.5. The number of nitrogens with one attached hydrogen (secondary N) is 1. The maximum Gasteiger partial charge on any atom is 0.138 e. The normalized spacial score (nSPS) is 11.0. The molecule has 2 aromatic carbocycles. The Morgan fingerprint density at radius 2 is 2.06 bits per heavy atom. The highest BCUT2D eigenvalue weighted by atomic mass is 35.5. The smallest absolute Gasteiger partial charge is 0.138 e. The number of benzene rings is 2. The van der Waals surface area contributed by atoms with Crippen molar-refractivity contribution in [3.63, 3.8) is 0 Å². The third-order valence-corrected chi connectivity index (χ3v) is 3.24. The quantitative estimate of drug-likeness (QED) is 0.695. The highest BCUT2D eigenvalue weighted by Gasteiger charge is 2.08. The maximum atomic E-state index is 9.52. The largest absolute Gasteiger partial charge is 0.508 e. The molecule has 0 atom stereocenters. The summed E-state index contributed by atoms with van der Waals surface area (Å²) in [5.41, 5.74) is 3.42. The lowest BCUT2D eigenvalue weighted by Gasteiger charge is -2.00. The van der Waals surface area contributed by atoms with Crippen LogP contribution in [0.1, 0.15) is 5.56 Å². The van der Waals surface area contributed by atoms with Crippen LogP contribution in [-0.4, -0.2) is 15.1 Å². The highest BCUT2D eigenvalue weighted by molar-refractivity contribution is 6.34. The van der Waals surface area contributed by atoms with E-state index in [2.05, 4.69) is 9.97 Å². The van der Waals surface area contributed by atoms with Crippen molar-refractivity contribution >= 4 is 22.6 Å². The predicted molar refractivity (Wildman–Crippen MR) is 72.9 cm³/mol. The molecule has 0 spiro atoms. The molecule has 3 nitrogen and oxygen atoms in total. The number of aromatic nitrogens is 2. The Morgan fingerprint density at radius 3 is 2.78 bits per heavy atom. The first-order valence-electron chi connectivity index (χ1n) is 5.59. The van der Waals surface area contributed by atoms with Gasteiger partial charge in [0.1, 0.15) is 17.1 Å². The first-order valence-corrected chi connectivity index (χ1v) is 5.97. The van der Waals surface area contributed by atoms with Gasteiger partial charge in [-0.05, 0) is 42.8 Å². The molecule has 3 aromatic rings. The first kappa shape index (κ1) is 11.1. The number of halogens is 1. The number of hydrogen-bond donors (Lipinski definition) is 2. The van der Waals surface area contributed by atoms with Crippen LogP contribution in [0.25, 0.3) is 22.4 Å². The molecule has 0 aliphatic carbocycles. The van der Waals surface area contributed by atoms with Crippen molar-refractivity contribution in [3.8, 4) is 17.1 Å². The van der Waals surface area contributed by atoms with Gasteiger partial charge < -0.3 is 10.1 Å². The number of H-pyrrole nitrogens is 1. The second-order valence-corrected chi connectivity index (χ2v) is 4.63. The first-order chi connectivity index (χ1) is 8.65. The molecular formula is C14H11ClN2O. The van der Waals surface area contributed by atoms with Crippen molar-refractivity contribution in [2.45, 2.75) is 6.92 Å². The number of hydrogen-bond acceptors (Lipinski definition) is 2. The third-order valence-electron chi connectivity index (χ3n) is 2.93. The lowest BCUT2D eigenvalue weighted by Crippen LogP contribution is -1.82. The highest BCUT2D eigenvalue weighted by Crippen LogP contribution is 2.27. The van der Waals surface area contributed by atoms with Gasteiger partial charge in [-0.15, -0.1) is 0 Å². The molecule has 1 heterocycles. The van der Waals surface area contributed by atoms with Gasteiger partial charge in [0.2, 0.25) is 0 Å². The van der Waals surface area contributed by atoms with Crippen molar-refractivity contribution in [3.05, 3.63) is 47.0 Å². The molecule has 18 heavy (non-hydrogen) atoms. The Hall–Kier alpha value is -2.00. The van der Waals surface area contributed by atoms with E-state index in [0.29, 0.717) is 5.02 Å². The summed E-state index contributed by atoms with van der Waals surface area (Å²) >= 11 is 6.09. The summed E-state index contributed by atoms with van der Waals surface area (Å²) in [7, 11) is 0. The number of nitrogens with zero attached hydrogens (tertiary/aromatic N) is 1. The maximum absolute atomic E-state index is 9.52. The lowest BCUT2D eigenvalue weighted by molar-refractivity contribution is 0.471. The number of phenolic OH excluding ortho intramolecular Hbond substituents is 1. The number of para-hydroxylation sites is 1. The van der Waals surface area contributed by atoms with Crippen molar-refractivity contribution in [2.24, 2.45) is 0 Å². The second kappa shape index (κ2) is 4.03. The van der Waals surface area contributed by atoms with Crippen LogP contribution in [0.5, 0.6) is 5.75 Å². The van der Waals surface area contributed by atoms with Crippen LogP contribution < -0.4 is 0 Å². The second-order valence-electron chi connectivity index (χ2n) is 4.22. The molecule has 0 saturated heterocycles. The molecule has 0 amide bonds. The van der Waals surface area contributed by atoms with Crippen LogP contribution in [-0.2, 0) is 0 Å². The van der Waals surface area contributed by atoms with Crippen LogP contribution in [0.4, 0.5) is 0 Å². The zero-order valence-electron chi connectivity index (χ0n) is 9.74. The summed E-state index contributed by atoms with van der Waals surface area (Å²) in [6, 6.07) is 11.0. The van der Waals surface area contributed by atoms with Crippen molar-refractivity contribution in [1.82, 2.24) is 9.97 Å². The molecule has 0 unspecified atom stereocenters. The zero-order chi connectivity index (χ0) is 12.7. The predicted octanol–water partition coefficient (Wildman–Crippen LogP) is 3.90. The Labute approximate surface area is 109 Å². The average Bonchev–Trinajstić information content (AvgIpc) is 2.78. The van der Waals surface area contributed by atoms with Gasteiger partial charge in [0, 0.05) is 5.56 Å². The van der Waals surface area contributed by atoms with Crippen LogP contribution in [0.2, 0.25) is 5.02 Å². The number of aromatic hydroxyl groups is 1. The molecule has 1 aromatic heterocycles. The molecule has 4 heteroatoms. The Bertz CT molecular complexity index is 734. The number of aryl methyl sites for hydroxylation is 1. The van der Waals surface area contributed by atoms with E-state index >= 15 is 0 Å². The fraction of sp³-hybridized carbons (Fsp3) is 0.0714. The van der Waals surface area contributed by atoms with E-state index in [1.807, 2.05) is 37.3 Å². The Morgan fingerprint density at radius 1 is 1.22 bits per heavy atom. The summed E-state index contributed by atoms with van der Waals surface area (Å²) in [6.07, 6.45) is 0. The van der Waals surface area contributed by atoms with Gasteiger partial charge in [-0.25, -0.2) is 4.98 Å². The fourth-order valence-corrected chi connectivity index (χ4v) is 2.15. The molecule has 0 saturated carbocycles. The Kier molecular flexibility index (Phi) is 2.49. The fourth-order valence-electron chi connectivity index (χ4n) is 1.94. The number of imidazole rings is 1. The summed E-state index contributed by atoms with van der Waals surface area (Å²) in [4.78, 5) is 7.71. The van der Waals surface area contributed by atoms with Crippen molar-refractivity contribution < 1.29 is 5.11 Å². The standard InChI is InChI=1S/C14H11ClN2O/c1-8-7-9(5-6-12(8)18)14-16-11-4-2-3-10(15)13(11)17-14/h2-7,18H,1H3,(H,16,17). The summed E-state index contributed by atoms with van der Waals surface area (Å²) in [5, 5.41) is 10.2. The molecule has 0 aliphatic rings. The monoisotopic (exact) mass is 258 g/mol. The molecular weight excluding hydrogens is 248 g/mol. The summed E-state index contributed by atoms with van der Waals surface area (Å²) < 4.78 is 0. The van der Waals surface area contributed by atoms with E-state index in [1.165, 1.54) is 0 Å². The average molecular weight is 259 g/mol. The van der Waals surface area contributed by atoms with Gasteiger partial charge in [0.25, 0.3) is 0 Å². The number of rotatable bonds is 1. The van der Waals surface area contributed by atoms with E-state index in [0.717, 1.165) is 28.0 Å². The minimum atomic E-state index is 0.285. The van der Waals surface area contributed by atoms with Crippen molar-refractivity contribution in [2.75, 3.05) is 0 Å². The summed E-state index contributed by atoms with van der Waals surface area (Å²) in [6.45, 7) is 1.86. The molecule has 0 fully saturated rings. The van der Waals surface area contributed by atoms with Crippen LogP contribution >= 0.6 is 11.6 Å². The van der Waals surface area contributed by atoms with E-state index < -0.39 is 0 Å². The van der Waals surface area contributed by atoms with Gasteiger partial charge in [0.05, 0.1) is 10.5 Å². The van der Waals surface area contributed by atoms with Gasteiger partial charge in [-0.1, -0.05) is 17.7 Å². The van der Waals surface area contributed by atoms with Crippen LogP contribution in [0.3, 0.4) is 0 Å². The molecule has 0 aliphatic heterocycles. The summed E-state index contributed by atoms with van der Waals surface area (Å²) in [5.74, 6) is 1.04. The van der Waals surface area contributed by atoms with Crippen molar-refractivity contribution in [1.29, 1.82) is 0 Å². The van der Waals surface area contributed by atoms with Gasteiger partial charge in [0.15, 0.2) is 0 Å². The number of aromatic amines is 1. The third kappa shape index (κ3) is 1.73.